The quantitative estimate of drug-likeness (QED) is 0.760. The molecule has 1 aromatic carbocycles. The van der Waals surface area contributed by atoms with Gasteiger partial charge in [-0.15, -0.1) is 0 Å². The van der Waals surface area contributed by atoms with Crippen molar-refractivity contribution in [3.63, 3.8) is 0 Å². The van der Waals surface area contributed by atoms with E-state index in [1.807, 2.05) is 39.8 Å². The summed E-state index contributed by atoms with van der Waals surface area (Å²) in [6.07, 6.45) is 0.556. The highest BCUT2D eigenvalue weighted by molar-refractivity contribution is 5.68. The molecule has 0 saturated carbocycles. The van der Waals surface area contributed by atoms with Crippen molar-refractivity contribution in [1.82, 2.24) is 10.6 Å². The smallest absolute Gasteiger partial charge is 0.407 e. The van der Waals surface area contributed by atoms with Crippen LogP contribution in [-0.2, 0) is 11.2 Å². The van der Waals surface area contributed by atoms with Crippen molar-refractivity contribution in [2.24, 2.45) is 0 Å². The number of carbonyl (C=O) groups is 1. The number of amides is 1. The predicted molar refractivity (Wildman–Crippen MR) is 88.4 cm³/mol. The molecule has 0 aliphatic carbocycles. The number of hydrogen-bond donors (Lipinski definition) is 2. The Morgan fingerprint density at radius 1 is 1.23 bits per heavy atom. The van der Waals surface area contributed by atoms with Crippen molar-refractivity contribution < 1.29 is 14.3 Å². The molecule has 0 spiro atoms. The van der Waals surface area contributed by atoms with E-state index in [2.05, 4.69) is 22.8 Å². The molecule has 0 bridgehead atoms. The highest BCUT2D eigenvalue weighted by Gasteiger charge is 2.17. The molecular weight excluding hydrogens is 280 g/mol. The van der Waals surface area contributed by atoms with Gasteiger partial charge >= 0.3 is 6.09 Å². The summed E-state index contributed by atoms with van der Waals surface area (Å²) >= 11 is 0. The van der Waals surface area contributed by atoms with Crippen molar-refractivity contribution >= 4 is 6.09 Å². The van der Waals surface area contributed by atoms with Crippen LogP contribution < -0.4 is 15.4 Å². The summed E-state index contributed by atoms with van der Waals surface area (Å²) in [4.78, 5) is 11.6. The first kappa shape index (κ1) is 18.3. The monoisotopic (exact) mass is 308 g/mol. The van der Waals surface area contributed by atoms with Gasteiger partial charge in [-0.2, -0.15) is 0 Å². The lowest BCUT2D eigenvalue weighted by atomic mass is 10.1. The fourth-order valence-electron chi connectivity index (χ4n) is 1.90. The van der Waals surface area contributed by atoms with E-state index >= 15 is 0 Å². The second-order valence-corrected chi connectivity index (χ2v) is 6.35. The van der Waals surface area contributed by atoms with Crippen LogP contribution in [0.3, 0.4) is 0 Å². The summed E-state index contributed by atoms with van der Waals surface area (Å²) in [6.45, 7) is 9.06. The lowest BCUT2D eigenvalue weighted by Crippen LogP contribution is -2.42. The number of methoxy groups -OCH3 is 1. The van der Waals surface area contributed by atoms with Crippen LogP contribution >= 0.6 is 0 Å². The molecular formula is C17H28N2O3. The average molecular weight is 308 g/mol. The molecule has 5 heteroatoms. The van der Waals surface area contributed by atoms with E-state index in [9.17, 15) is 4.79 Å². The number of alkyl carbamates (subject to hydrolysis) is 1. The van der Waals surface area contributed by atoms with Gasteiger partial charge in [-0.25, -0.2) is 4.79 Å². The van der Waals surface area contributed by atoms with Gasteiger partial charge < -0.3 is 20.1 Å². The lowest BCUT2D eigenvalue weighted by Gasteiger charge is -2.22. The maximum atomic E-state index is 11.6. The summed E-state index contributed by atoms with van der Waals surface area (Å²) < 4.78 is 10.3. The summed E-state index contributed by atoms with van der Waals surface area (Å²) in [6, 6.07) is 8.06. The first-order valence-corrected chi connectivity index (χ1v) is 7.63. The maximum Gasteiger partial charge on any atom is 0.407 e. The van der Waals surface area contributed by atoms with E-state index < -0.39 is 5.60 Å². The Kier molecular flexibility index (Phi) is 7.18. The fourth-order valence-corrected chi connectivity index (χ4v) is 1.90. The van der Waals surface area contributed by atoms with E-state index in [4.69, 9.17) is 9.47 Å². The minimum absolute atomic E-state index is 0.0192. The van der Waals surface area contributed by atoms with Gasteiger partial charge in [-0.1, -0.05) is 12.1 Å². The predicted octanol–water partition coefficient (Wildman–Crippen LogP) is 2.74. The largest absolute Gasteiger partial charge is 0.497 e. The van der Waals surface area contributed by atoms with Gasteiger partial charge in [-0.05, 0) is 58.4 Å². The summed E-state index contributed by atoms with van der Waals surface area (Å²) in [5.74, 6) is 0.867. The van der Waals surface area contributed by atoms with Crippen molar-refractivity contribution in [2.75, 3.05) is 20.2 Å². The third-order valence-corrected chi connectivity index (χ3v) is 2.96. The lowest BCUT2D eigenvalue weighted by molar-refractivity contribution is 0.0508. The van der Waals surface area contributed by atoms with E-state index in [0.29, 0.717) is 6.54 Å². The number of benzene rings is 1. The Balaban J connectivity index is 2.19. The van der Waals surface area contributed by atoms with Gasteiger partial charge in [0.1, 0.15) is 11.4 Å². The van der Waals surface area contributed by atoms with Crippen LogP contribution in [0.1, 0.15) is 33.3 Å². The maximum absolute atomic E-state index is 11.6. The molecule has 0 fully saturated rings. The van der Waals surface area contributed by atoms with Gasteiger partial charge in [0, 0.05) is 12.6 Å². The topological polar surface area (TPSA) is 59.6 Å². The van der Waals surface area contributed by atoms with Crippen LogP contribution in [0.25, 0.3) is 0 Å². The molecule has 0 aromatic heterocycles. The Bertz CT molecular complexity index is 452. The fraction of sp³-hybridized carbons (Fsp3) is 0.588. The molecule has 0 aliphatic heterocycles. The van der Waals surface area contributed by atoms with Gasteiger partial charge in [0.25, 0.3) is 0 Å². The van der Waals surface area contributed by atoms with Gasteiger partial charge in [-0.3, -0.25) is 0 Å². The Hall–Kier alpha value is -1.75. The zero-order valence-corrected chi connectivity index (χ0v) is 14.2. The SMILES string of the molecule is COc1ccc(CCNCC(C)NC(=O)OC(C)(C)C)cc1. The van der Waals surface area contributed by atoms with Gasteiger partial charge in [0.05, 0.1) is 7.11 Å². The number of carbonyl (C=O) groups excluding carboxylic acids is 1. The van der Waals surface area contributed by atoms with Crippen LogP contribution in [-0.4, -0.2) is 37.9 Å². The van der Waals surface area contributed by atoms with Crippen LogP contribution in [0, 0.1) is 0 Å². The Morgan fingerprint density at radius 3 is 2.41 bits per heavy atom. The van der Waals surface area contributed by atoms with Crippen molar-refractivity contribution in [3.05, 3.63) is 29.8 Å². The molecule has 0 heterocycles. The van der Waals surface area contributed by atoms with Gasteiger partial charge in [0.15, 0.2) is 0 Å². The minimum atomic E-state index is -0.467. The molecule has 5 nitrogen and oxygen atoms in total. The van der Waals surface area contributed by atoms with Crippen molar-refractivity contribution in [1.29, 1.82) is 0 Å². The summed E-state index contributed by atoms with van der Waals surface area (Å²) in [5, 5.41) is 6.14. The molecule has 124 valence electrons. The van der Waals surface area contributed by atoms with E-state index in [1.54, 1.807) is 7.11 Å². The zero-order chi connectivity index (χ0) is 16.6. The number of rotatable bonds is 7. The molecule has 1 aromatic rings. The second-order valence-electron chi connectivity index (χ2n) is 6.35. The van der Waals surface area contributed by atoms with Crippen LogP contribution in [0.15, 0.2) is 24.3 Å². The first-order valence-electron chi connectivity index (χ1n) is 7.63. The molecule has 1 rings (SSSR count). The number of ether oxygens (including phenoxy) is 2. The zero-order valence-electron chi connectivity index (χ0n) is 14.2. The van der Waals surface area contributed by atoms with E-state index in [0.717, 1.165) is 18.7 Å². The van der Waals surface area contributed by atoms with Crippen LogP contribution in [0.2, 0.25) is 0 Å². The normalized spacial score (nSPS) is 12.6. The number of hydrogen-bond acceptors (Lipinski definition) is 4. The number of nitrogens with one attached hydrogen (secondary N) is 2. The van der Waals surface area contributed by atoms with Crippen LogP contribution in [0.5, 0.6) is 5.75 Å². The second kappa shape index (κ2) is 8.63. The summed E-state index contributed by atoms with van der Waals surface area (Å²) in [7, 11) is 1.66. The van der Waals surface area contributed by atoms with E-state index in [1.165, 1.54) is 5.56 Å². The average Bonchev–Trinajstić information content (AvgIpc) is 2.42. The molecule has 0 aliphatic rings. The molecule has 1 atom stereocenters. The highest BCUT2D eigenvalue weighted by Crippen LogP contribution is 2.11. The molecule has 0 radical (unpaired) electrons. The molecule has 1 amide bonds. The third-order valence-electron chi connectivity index (χ3n) is 2.96. The Labute approximate surface area is 133 Å². The standard InChI is InChI=1S/C17H28N2O3/c1-13(19-16(20)22-17(2,3)4)12-18-11-10-14-6-8-15(21-5)9-7-14/h6-9,13,18H,10-12H2,1-5H3,(H,19,20). The summed E-state index contributed by atoms with van der Waals surface area (Å²) in [5.41, 5.74) is 0.784. The van der Waals surface area contributed by atoms with Crippen molar-refractivity contribution in [3.8, 4) is 5.75 Å². The third kappa shape index (κ3) is 7.88. The van der Waals surface area contributed by atoms with Crippen molar-refractivity contribution in [2.45, 2.75) is 45.8 Å². The minimum Gasteiger partial charge on any atom is -0.497 e. The van der Waals surface area contributed by atoms with Crippen LogP contribution in [0.4, 0.5) is 4.79 Å². The molecule has 1 unspecified atom stereocenters. The molecule has 2 N–H and O–H groups in total. The van der Waals surface area contributed by atoms with E-state index in [-0.39, 0.29) is 12.1 Å². The molecule has 22 heavy (non-hydrogen) atoms. The van der Waals surface area contributed by atoms with Gasteiger partial charge in [0.2, 0.25) is 0 Å². The molecule has 0 saturated heterocycles. The highest BCUT2D eigenvalue weighted by atomic mass is 16.6. The Morgan fingerprint density at radius 2 is 1.86 bits per heavy atom. The first-order chi connectivity index (χ1) is 10.3.